The van der Waals surface area contributed by atoms with Crippen LogP contribution in [0.1, 0.15) is 37.6 Å². The first-order chi connectivity index (χ1) is 10.2. The van der Waals surface area contributed by atoms with Crippen molar-refractivity contribution in [1.82, 2.24) is 15.1 Å². The molecule has 0 bridgehead atoms. The molecule has 2 aromatic rings. The normalized spacial score (nSPS) is 12.4. The number of hydrogen-bond donors (Lipinski definition) is 1. The van der Waals surface area contributed by atoms with Crippen LogP contribution in [-0.2, 0) is 6.54 Å². The molecule has 0 saturated carbocycles. The topological polar surface area (TPSA) is 39.1 Å². The number of halogens is 1. The molecule has 114 valence electrons. The summed E-state index contributed by atoms with van der Waals surface area (Å²) in [5.74, 6) is 0.860. The fourth-order valence-corrected chi connectivity index (χ4v) is 2.86. The molecule has 0 aliphatic heterocycles. The molecule has 0 saturated heterocycles. The summed E-state index contributed by atoms with van der Waals surface area (Å²) in [5.41, 5.74) is 2.33. The number of ether oxygens (including phenoxy) is 1. The number of aryl methyl sites for hydroxylation is 1. The Morgan fingerprint density at radius 1 is 1.33 bits per heavy atom. The molecule has 0 aliphatic rings. The van der Waals surface area contributed by atoms with Crippen molar-refractivity contribution in [3.8, 4) is 5.75 Å². The van der Waals surface area contributed by atoms with Crippen LogP contribution >= 0.6 is 15.9 Å². The maximum atomic E-state index is 5.37. The summed E-state index contributed by atoms with van der Waals surface area (Å²) in [4.78, 5) is 0. The Bertz CT molecular complexity index is 583. The third kappa shape index (κ3) is 3.66. The van der Waals surface area contributed by atoms with E-state index < -0.39 is 0 Å². The van der Waals surface area contributed by atoms with E-state index in [4.69, 9.17) is 4.74 Å². The van der Waals surface area contributed by atoms with E-state index in [1.807, 2.05) is 23.0 Å². The first-order valence-corrected chi connectivity index (χ1v) is 8.09. The highest BCUT2D eigenvalue weighted by Gasteiger charge is 2.20. The van der Waals surface area contributed by atoms with Crippen LogP contribution in [0, 0.1) is 0 Å². The second-order valence-electron chi connectivity index (χ2n) is 4.85. The lowest BCUT2D eigenvalue weighted by atomic mass is 10.0. The van der Waals surface area contributed by atoms with Crippen molar-refractivity contribution < 1.29 is 4.74 Å². The van der Waals surface area contributed by atoms with E-state index in [0.29, 0.717) is 0 Å². The number of nitrogens with one attached hydrogen (secondary N) is 1. The van der Waals surface area contributed by atoms with Crippen molar-refractivity contribution in [2.24, 2.45) is 0 Å². The van der Waals surface area contributed by atoms with Gasteiger partial charge < -0.3 is 10.1 Å². The molecule has 21 heavy (non-hydrogen) atoms. The van der Waals surface area contributed by atoms with Gasteiger partial charge in [-0.25, -0.2) is 0 Å². The largest absolute Gasteiger partial charge is 0.497 e. The van der Waals surface area contributed by atoms with Crippen molar-refractivity contribution in [2.45, 2.75) is 32.9 Å². The maximum Gasteiger partial charge on any atom is 0.119 e. The lowest BCUT2D eigenvalue weighted by Crippen LogP contribution is -2.26. The third-order valence-electron chi connectivity index (χ3n) is 3.46. The minimum atomic E-state index is 0.0943. The Morgan fingerprint density at radius 3 is 2.81 bits per heavy atom. The quantitative estimate of drug-likeness (QED) is 0.825. The van der Waals surface area contributed by atoms with Gasteiger partial charge in [-0.3, -0.25) is 4.68 Å². The van der Waals surface area contributed by atoms with Crippen LogP contribution in [0.15, 0.2) is 34.9 Å². The van der Waals surface area contributed by atoms with Gasteiger partial charge in [0.15, 0.2) is 0 Å². The summed E-state index contributed by atoms with van der Waals surface area (Å²) < 4.78 is 8.46. The van der Waals surface area contributed by atoms with Gasteiger partial charge in [-0.1, -0.05) is 22.9 Å². The zero-order valence-corrected chi connectivity index (χ0v) is 14.4. The zero-order chi connectivity index (χ0) is 15.2. The van der Waals surface area contributed by atoms with Gasteiger partial charge in [0.2, 0.25) is 0 Å². The zero-order valence-electron chi connectivity index (χ0n) is 12.8. The van der Waals surface area contributed by atoms with Gasteiger partial charge in [0.05, 0.1) is 18.8 Å². The molecule has 1 aromatic heterocycles. The number of benzene rings is 1. The standard InChI is InChI=1S/C16H22BrN3O/c1-4-9-18-16(15-8-10-19-20(15)5-2)13-11-12(21-3)6-7-14(13)17/h6-8,10-11,16,18H,4-5,9H2,1-3H3. The van der Waals surface area contributed by atoms with Crippen molar-refractivity contribution >= 4 is 15.9 Å². The molecule has 1 aromatic carbocycles. The van der Waals surface area contributed by atoms with E-state index in [-0.39, 0.29) is 6.04 Å². The first kappa shape index (κ1) is 16.0. The molecular weight excluding hydrogens is 330 g/mol. The molecule has 2 rings (SSSR count). The van der Waals surface area contributed by atoms with Gasteiger partial charge in [0.1, 0.15) is 5.75 Å². The molecule has 1 atom stereocenters. The number of aromatic nitrogens is 2. The van der Waals surface area contributed by atoms with Crippen LogP contribution in [0.2, 0.25) is 0 Å². The van der Waals surface area contributed by atoms with Crippen molar-refractivity contribution in [3.63, 3.8) is 0 Å². The summed E-state index contributed by atoms with van der Waals surface area (Å²) in [5, 5.41) is 8.00. The minimum Gasteiger partial charge on any atom is -0.497 e. The monoisotopic (exact) mass is 351 g/mol. The molecule has 0 aliphatic carbocycles. The van der Waals surface area contributed by atoms with Crippen LogP contribution in [0.5, 0.6) is 5.75 Å². The lowest BCUT2D eigenvalue weighted by molar-refractivity contribution is 0.413. The van der Waals surface area contributed by atoms with E-state index in [9.17, 15) is 0 Å². The average Bonchev–Trinajstić information content (AvgIpc) is 2.97. The molecular formula is C16H22BrN3O. The highest BCUT2D eigenvalue weighted by atomic mass is 79.9. The second-order valence-corrected chi connectivity index (χ2v) is 5.70. The SMILES string of the molecule is CCCNC(c1cc(OC)ccc1Br)c1ccnn1CC. The average molecular weight is 352 g/mol. The van der Waals surface area contributed by atoms with Gasteiger partial charge in [0, 0.05) is 17.2 Å². The van der Waals surface area contributed by atoms with Crippen LogP contribution in [0.25, 0.3) is 0 Å². The highest BCUT2D eigenvalue weighted by molar-refractivity contribution is 9.10. The van der Waals surface area contributed by atoms with Gasteiger partial charge >= 0.3 is 0 Å². The van der Waals surface area contributed by atoms with E-state index in [0.717, 1.165) is 35.3 Å². The Balaban J connectivity index is 2.45. The third-order valence-corrected chi connectivity index (χ3v) is 4.18. The lowest BCUT2D eigenvalue weighted by Gasteiger charge is -2.22. The summed E-state index contributed by atoms with van der Waals surface area (Å²) in [7, 11) is 1.69. The van der Waals surface area contributed by atoms with E-state index in [2.05, 4.69) is 52.3 Å². The molecule has 0 spiro atoms. The minimum absolute atomic E-state index is 0.0943. The Hall–Kier alpha value is -1.33. The van der Waals surface area contributed by atoms with Gasteiger partial charge in [-0.05, 0) is 49.7 Å². The smallest absolute Gasteiger partial charge is 0.119 e. The maximum absolute atomic E-state index is 5.37. The summed E-state index contributed by atoms with van der Waals surface area (Å²) >= 11 is 3.66. The van der Waals surface area contributed by atoms with Crippen molar-refractivity contribution in [3.05, 3.63) is 46.2 Å². The van der Waals surface area contributed by atoms with Crippen molar-refractivity contribution in [2.75, 3.05) is 13.7 Å². The predicted octanol–water partition coefficient (Wildman–Crippen LogP) is 3.76. The molecule has 1 N–H and O–H groups in total. The number of hydrogen-bond acceptors (Lipinski definition) is 3. The number of rotatable bonds is 7. The Labute approximate surface area is 134 Å². The highest BCUT2D eigenvalue weighted by Crippen LogP contribution is 2.31. The van der Waals surface area contributed by atoms with Gasteiger partial charge in [-0.2, -0.15) is 5.10 Å². The second kappa shape index (κ2) is 7.61. The van der Waals surface area contributed by atoms with Crippen LogP contribution in [0.3, 0.4) is 0 Å². The van der Waals surface area contributed by atoms with E-state index >= 15 is 0 Å². The Morgan fingerprint density at radius 2 is 2.14 bits per heavy atom. The molecule has 0 amide bonds. The van der Waals surface area contributed by atoms with E-state index in [1.54, 1.807) is 7.11 Å². The molecule has 0 radical (unpaired) electrons. The van der Waals surface area contributed by atoms with Crippen LogP contribution in [-0.4, -0.2) is 23.4 Å². The summed E-state index contributed by atoms with van der Waals surface area (Å²) in [6.45, 7) is 6.08. The number of nitrogens with zero attached hydrogens (tertiary/aromatic N) is 2. The molecule has 1 unspecified atom stereocenters. The number of methoxy groups -OCH3 is 1. The molecule has 5 heteroatoms. The fourth-order valence-electron chi connectivity index (χ4n) is 2.38. The molecule has 0 fully saturated rings. The molecule has 1 heterocycles. The Kier molecular flexibility index (Phi) is 5.82. The first-order valence-electron chi connectivity index (χ1n) is 7.29. The summed E-state index contributed by atoms with van der Waals surface area (Å²) in [6.07, 6.45) is 2.94. The van der Waals surface area contributed by atoms with Gasteiger partial charge in [-0.15, -0.1) is 0 Å². The van der Waals surface area contributed by atoms with Gasteiger partial charge in [0.25, 0.3) is 0 Å². The van der Waals surface area contributed by atoms with Crippen LogP contribution < -0.4 is 10.1 Å². The van der Waals surface area contributed by atoms with Crippen molar-refractivity contribution in [1.29, 1.82) is 0 Å². The summed E-state index contributed by atoms with van der Waals surface area (Å²) in [6, 6.07) is 8.23. The predicted molar refractivity (Wildman–Crippen MR) is 88.7 cm³/mol. The van der Waals surface area contributed by atoms with Crippen LogP contribution in [0.4, 0.5) is 0 Å². The van der Waals surface area contributed by atoms with E-state index in [1.165, 1.54) is 5.69 Å². The fraction of sp³-hybridized carbons (Fsp3) is 0.438. The molecule has 4 nitrogen and oxygen atoms in total.